The maximum absolute atomic E-state index is 14.2. The Morgan fingerprint density at radius 1 is 1.09 bits per heavy atom. The number of nitrogens with zero attached hydrogens (tertiary/aromatic N) is 2. The van der Waals surface area contributed by atoms with Crippen molar-refractivity contribution in [1.82, 2.24) is 9.80 Å². The van der Waals surface area contributed by atoms with Crippen LogP contribution in [0.25, 0.3) is 11.1 Å². The maximum Gasteiger partial charge on any atom is 0.391 e. The summed E-state index contributed by atoms with van der Waals surface area (Å²) in [5, 5.41) is 45.5. The van der Waals surface area contributed by atoms with Crippen molar-refractivity contribution in [1.29, 1.82) is 0 Å². The first-order valence-electron chi connectivity index (χ1n) is 15.9. The number of benzene rings is 2. The normalized spacial score (nSPS) is 28.7. The predicted molar refractivity (Wildman–Crippen MR) is 167 cm³/mol. The molecule has 6 rings (SSSR count). The molecule has 12 heteroatoms. The number of nitrogens with two attached hydrogens (primary N) is 1. The molecule has 0 radical (unpaired) electrons. The van der Waals surface area contributed by atoms with Crippen molar-refractivity contribution in [3.63, 3.8) is 0 Å². The van der Waals surface area contributed by atoms with Gasteiger partial charge in [-0.2, -0.15) is 13.2 Å². The number of aliphatic hydroxyl groups is 3. The van der Waals surface area contributed by atoms with Crippen molar-refractivity contribution < 1.29 is 43.2 Å². The number of Topliss-reactive ketones (excluding diaryl/α,β-unsaturated/α-hetero) is 1. The highest BCUT2D eigenvalue weighted by atomic mass is 19.4. The molecule has 0 spiro atoms. The van der Waals surface area contributed by atoms with Gasteiger partial charge < -0.3 is 26.2 Å². The maximum atomic E-state index is 14.2. The number of aliphatic hydroxyl groups excluding tert-OH is 2. The van der Waals surface area contributed by atoms with E-state index >= 15 is 0 Å². The number of halogens is 3. The summed E-state index contributed by atoms with van der Waals surface area (Å²) >= 11 is 0. The fourth-order valence-corrected chi connectivity index (χ4v) is 8.68. The zero-order valence-corrected chi connectivity index (χ0v) is 26.5. The Morgan fingerprint density at radius 3 is 2.38 bits per heavy atom. The van der Waals surface area contributed by atoms with E-state index in [0.717, 1.165) is 11.1 Å². The second-order valence-electron chi connectivity index (χ2n) is 13.9. The lowest BCUT2D eigenvalue weighted by Crippen LogP contribution is -2.59. The smallest absolute Gasteiger partial charge is 0.391 e. The van der Waals surface area contributed by atoms with Gasteiger partial charge in [0.1, 0.15) is 22.9 Å². The zero-order chi connectivity index (χ0) is 34.2. The van der Waals surface area contributed by atoms with Crippen molar-refractivity contribution >= 4 is 11.7 Å². The number of primary amides is 1. The van der Waals surface area contributed by atoms with Gasteiger partial charge in [0.2, 0.25) is 0 Å². The molecule has 9 nitrogen and oxygen atoms in total. The second-order valence-corrected chi connectivity index (χ2v) is 13.9. The number of ketones is 1. The number of aromatic hydroxyl groups is 1. The molecule has 47 heavy (non-hydrogen) atoms. The van der Waals surface area contributed by atoms with E-state index in [1.807, 2.05) is 29.2 Å². The van der Waals surface area contributed by atoms with E-state index in [9.17, 15) is 43.2 Å². The molecule has 5 unspecified atom stereocenters. The summed E-state index contributed by atoms with van der Waals surface area (Å²) in [5.74, 6) is -6.12. The Balaban J connectivity index is 1.36. The number of fused-ring (bicyclic) bond motifs is 3. The van der Waals surface area contributed by atoms with Gasteiger partial charge in [-0.25, -0.2) is 0 Å². The molecule has 1 amide bonds. The van der Waals surface area contributed by atoms with Gasteiger partial charge in [0.15, 0.2) is 5.78 Å². The van der Waals surface area contributed by atoms with Crippen LogP contribution >= 0.6 is 0 Å². The fraction of sp³-hybridized carbons (Fsp3) is 0.486. The Kier molecular flexibility index (Phi) is 8.21. The number of carbonyl (C=O) groups is 2. The SMILES string of the molecule is CN(C)C1C(O)=C(C(N)=O)C(C)(O)C2C(O)=C3C(=O)c4c(O)ccc(-c5cccc(CN6CCC(C(F)(F)F)CC6)c5)c4CC3CC12. The molecule has 6 N–H and O–H groups in total. The van der Waals surface area contributed by atoms with Crippen LogP contribution in [0.15, 0.2) is 59.1 Å². The van der Waals surface area contributed by atoms with Gasteiger partial charge in [0, 0.05) is 12.1 Å². The number of phenolic OH excluding ortho intramolecular Hbond substituents is 1. The second kappa shape index (κ2) is 11.7. The number of piperidine rings is 1. The molecule has 1 saturated heterocycles. The van der Waals surface area contributed by atoms with Crippen molar-refractivity contribution in [3.8, 4) is 16.9 Å². The molecule has 3 aliphatic carbocycles. The van der Waals surface area contributed by atoms with Crippen molar-refractivity contribution in [2.24, 2.45) is 29.4 Å². The molecule has 0 bridgehead atoms. The van der Waals surface area contributed by atoms with Crippen LogP contribution in [-0.2, 0) is 17.8 Å². The minimum Gasteiger partial charge on any atom is -0.511 e. The summed E-state index contributed by atoms with van der Waals surface area (Å²) in [6, 6.07) is 9.98. The Labute approximate surface area is 270 Å². The molecule has 0 aromatic heterocycles. The number of allylic oxidation sites excluding steroid dienone is 1. The molecule has 1 fully saturated rings. The molecular weight excluding hydrogens is 615 g/mol. The number of likely N-dealkylation sites (tertiary alicyclic amines) is 1. The third-order valence-electron chi connectivity index (χ3n) is 10.7. The van der Waals surface area contributed by atoms with Crippen LogP contribution in [0.1, 0.15) is 47.7 Å². The Bertz CT molecular complexity index is 1690. The molecule has 5 atom stereocenters. The average Bonchev–Trinajstić information content (AvgIpc) is 2.96. The first kappa shape index (κ1) is 33.0. The Hall–Kier alpha value is -3.87. The van der Waals surface area contributed by atoms with Crippen LogP contribution in [0.5, 0.6) is 5.75 Å². The summed E-state index contributed by atoms with van der Waals surface area (Å²) < 4.78 is 39.5. The molecule has 2 aromatic rings. The number of carbonyl (C=O) groups excluding carboxylic acids is 2. The van der Waals surface area contributed by atoms with Gasteiger partial charge in [-0.15, -0.1) is 0 Å². The highest BCUT2D eigenvalue weighted by molar-refractivity contribution is 6.14. The highest BCUT2D eigenvalue weighted by Crippen LogP contribution is 2.55. The summed E-state index contributed by atoms with van der Waals surface area (Å²) in [6.07, 6.45) is -3.50. The molecule has 4 aliphatic rings. The van der Waals surface area contributed by atoms with Crippen molar-refractivity contribution in [2.75, 3.05) is 27.2 Å². The van der Waals surface area contributed by atoms with Gasteiger partial charge >= 0.3 is 6.18 Å². The average molecular weight is 656 g/mol. The van der Waals surface area contributed by atoms with Crippen molar-refractivity contribution in [2.45, 2.75) is 57.0 Å². The molecule has 252 valence electrons. The van der Waals surface area contributed by atoms with E-state index in [1.165, 1.54) is 13.0 Å². The van der Waals surface area contributed by atoms with Gasteiger partial charge in [-0.1, -0.05) is 24.3 Å². The van der Waals surface area contributed by atoms with Crippen LogP contribution in [0.4, 0.5) is 13.2 Å². The summed E-state index contributed by atoms with van der Waals surface area (Å²) in [7, 11) is 3.41. The number of alkyl halides is 3. The number of amides is 1. The van der Waals surface area contributed by atoms with Gasteiger partial charge in [-0.05, 0) is 106 Å². The number of hydrogen-bond donors (Lipinski definition) is 5. The third-order valence-corrected chi connectivity index (χ3v) is 10.7. The lowest BCUT2D eigenvalue weighted by molar-refractivity contribution is -0.185. The van der Waals surface area contributed by atoms with E-state index in [1.54, 1.807) is 25.1 Å². The standard InChI is InChI=1S/C35H40F3N3O6/c1-34(47)27-23(29(40(2)3)32(45)28(34)33(39)46)15-19-14-22-21(7-8-24(42)26(22)30(43)25(19)31(27)44)18-6-4-5-17(13-18)16-41-11-9-20(10-12-41)35(36,37)38/h4-8,13,19-20,23,27,29,42,44-45,47H,9-12,14-16H2,1-3H3,(H2,39,46). The van der Waals surface area contributed by atoms with Gasteiger partial charge in [0.25, 0.3) is 5.91 Å². The van der Waals surface area contributed by atoms with Crippen LogP contribution in [0, 0.1) is 23.7 Å². The molecular formula is C35H40F3N3O6. The minimum absolute atomic E-state index is 0.0477. The fourth-order valence-electron chi connectivity index (χ4n) is 8.68. The topological polar surface area (TPSA) is 148 Å². The highest BCUT2D eigenvalue weighted by Gasteiger charge is 2.59. The van der Waals surface area contributed by atoms with Gasteiger partial charge in [-0.3, -0.25) is 19.4 Å². The number of phenols is 1. The number of hydrogen-bond acceptors (Lipinski definition) is 8. The van der Waals surface area contributed by atoms with Crippen LogP contribution < -0.4 is 5.73 Å². The molecule has 1 heterocycles. The summed E-state index contributed by atoms with van der Waals surface area (Å²) in [4.78, 5) is 30.3. The minimum atomic E-state index is -4.18. The Morgan fingerprint density at radius 2 is 1.77 bits per heavy atom. The molecule has 2 aromatic carbocycles. The number of likely N-dealkylation sites (N-methyl/N-ethyl adjacent to an activating group) is 1. The summed E-state index contributed by atoms with van der Waals surface area (Å²) in [5.41, 5.74) is 6.20. The third kappa shape index (κ3) is 5.49. The molecule has 1 aliphatic heterocycles. The number of rotatable bonds is 5. The summed E-state index contributed by atoms with van der Waals surface area (Å²) in [6.45, 7) is 2.45. The monoisotopic (exact) mass is 655 g/mol. The van der Waals surface area contributed by atoms with Crippen molar-refractivity contribution in [3.05, 3.63) is 75.8 Å². The van der Waals surface area contributed by atoms with E-state index in [4.69, 9.17) is 5.73 Å². The lowest BCUT2D eigenvalue weighted by Gasteiger charge is -2.52. The van der Waals surface area contributed by atoms with E-state index in [0.29, 0.717) is 30.8 Å². The first-order valence-corrected chi connectivity index (χ1v) is 15.9. The largest absolute Gasteiger partial charge is 0.511 e. The van der Waals surface area contributed by atoms with Gasteiger partial charge in [0.05, 0.1) is 29.0 Å². The van der Waals surface area contributed by atoms with E-state index in [2.05, 4.69) is 0 Å². The van der Waals surface area contributed by atoms with E-state index < -0.39 is 58.8 Å². The predicted octanol–water partition coefficient (Wildman–Crippen LogP) is 4.63. The first-order chi connectivity index (χ1) is 22.0. The lowest BCUT2D eigenvalue weighted by atomic mass is 9.56. The quantitative estimate of drug-likeness (QED) is 0.314. The van der Waals surface area contributed by atoms with Crippen LogP contribution in [0.2, 0.25) is 0 Å². The van der Waals surface area contributed by atoms with E-state index in [-0.39, 0.29) is 54.1 Å². The van der Waals surface area contributed by atoms with Crippen LogP contribution in [0.3, 0.4) is 0 Å². The van der Waals surface area contributed by atoms with Crippen LogP contribution in [-0.4, -0.2) is 86.9 Å². The zero-order valence-electron chi connectivity index (χ0n) is 26.5. The molecule has 0 saturated carbocycles.